The maximum atomic E-state index is 11.8. The van der Waals surface area contributed by atoms with Crippen LogP contribution in [0.2, 0.25) is 0 Å². The number of hydrogen-bond acceptors (Lipinski definition) is 6. The Morgan fingerprint density at radius 1 is 1.04 bits per heavy atom. The van der Waals surface area contributed by atoms with Crippen molar-refractivity contribution in [1.29, 1.82) is 0 Å². The van der Waals surface area contributed by atoms with Crippen molar-refractivity contribution in [3.63, 3.8) is 0 Å². The Labute approximate surface area is 166 Å². The van der Waals surface area contributed by atoms with Gasteiger partial charge in [0.1, 0.15) is 4.90 Å². The molecule has 0 saturated carbocycles. The van der Waals surface area contributed by atoms with Crippen LogP contribution in [-0.4, -0.2) is 40.8 Å². The number of aliphatic hydroxyl groups excluding tert-OH is 1. The fourth-order valence-corrected chi connectivity index (χ4v) is 5.01. The summed E-state index contributed by atoms with van der Waals surface area (Å²) in [4.78, 5) is -0.890. The number of benzene rings is 2. The molecule has 0 amide bonds. The van der Waals surface area contributed by atoms with Crippen molar-refractivity contribution in [3.05, 3.63) is 59.7 Å². The molecule has 28 heavy (non-hydrogen) atoms. The van der Waals surface area contributed by atoms with Gasteiger partial charge >= 0.3 is 0 Å². The summed E-state index contributed by atoms with van der Waals surface area (Å²) in [6.07, 6.45) is 1.66. The second-order valence-corrected chi connectivity index (χ2v) is 10.4. The first-order chi connectivity index (χ1) is 13.0. The largest absolute Gasteiger partial charge is 0.387 e. The van der Waals surface area contributed by atoms with E-state index in [2.05, 4.69) is 17.4 Å². The highest BCUT2D eigenvalue weighted by molar-refractivity contribution is 7.93. The molecule has 2 rings (SSSR count). The Morgan fingerprint density at radius 2 is 1.68 bits per heavy atom. The van der Waals surface area contributed by atoms with Gasteiger partial charge in [0.25, 0.3) is 0 Å². The third kappa shape index (κ3) is 6.39. The van der Waals surface area contributed by atoms with Gasteiger partial charge in [0.2, 0.25) is 10.0 Å². The van der Waals surface area contributed by atoms with Crippen LogP contribution in [0.5, 0.6) is 0 Å². The highest BCUT2D eigenvalue weighted by Gasteiger charge is 2.23. The van der Waals surface area contributed by atoms with Crippen molar-refractivity contribution in [2.75, 3.05) is 12.8 Å². The zero-order valence-electron chi connectivity index (χ0n) is 15.9. The molecule has 2 aromatic carbocycles. The highest BCUT2D eigenvalue weighted by atomic mass is 32.2. The topological polar surface area (TPSA) is 127 Å². The van der Waals surface area contributed by atoms with Crippen LogP contribution >= 0.6 is 0 Å². The van der Waals surface area contributed by atoms with Crippen LogP contribution in [0.25, 0.3) is 0 Å². The Kier molecular flexibility index (Phi) is 7.35. The number of aliphatic hydroxyl groups is 1. The number of rotatable bonds is 9. The lowest BCUT2D eigenvalue weighted by molar-refractivity contribution is 0.169. The minimum Gasteiger partial charge on any atom is -0.387 e. The fraction of sp³-hybridized carbons (Fsp3) is 0.368. The Morgan fingerprint density at radius 3 is 2.25 bits per heavy atom. The van der Waals surface area contributed by atoms with Crippen LogP contribution in [0, 0.1) is 0 Å². The SMILES string of the molecule is CC(CCc1ccccc1)NCC(O)c1ccc(S(C)(=O)=O)c(S(N)(=O)=O)c1. The zero-order chi connectivity index (χ0) is 20.9. The Bertz CT molecular complexity index is 1010. The van der Waals surface area contributed by atoms with E-state index < -0.39 is 30.9 Å². The second kappa shape index (κ2) is 9.15. The van der Waals surface area contributed by atoms with Gasteiger partial charge in [-0.3, -0.25) is 0 Å². The molecule has 4 N–H and O–H groups in total. The standard InChI is InChI=1S/C19H26N2O5S2/c1-14(8-9-15-6-4-3-5-7-15)21-13-17(22)16-10-11-18(27(2,23)24)19(12-16)28(20,25)26/h3-7,10-12,14,17,21-22H,8-9,13H2,1-2H3,(H2,20,25,26). The van der Waals surface area contributed by atoms with Crippen LogP contribution in [0.15, 0.2) is 58.3 Å². The van der Waals surface area contributed by atoms with Gasteiger partial charge in [-0.2, -0.15) is 0 Å². The highest BCUT2D eigenvalue weighted by Crippen LogP contribution is 2.24. The van der Waals surface area contributed by atoms with Gasteiger partial charge in [-0.25, -0.2) is 22.0 Å². The average Bonchev–Trinajstić information content (AvgIpc) is 2.63. The number of nitrogens with two attached hydrogens (primary N) is 1. The summed E-state index contributed by atoms with van der Waals surface area (Å²) in [5.41, 5.74) is 1.50. The van der Waals surface area contributed by atoms with Gasteiger partial charge in [-0.05, 0) is 43.0 Å². The van der Waals surface area contributed by atoms with Crippen LogP contribution in [0.4, 0.5) is 0 Å². The number of hydrogen-bond donors (Lipinski definition) is 3. The van der Waals surface area contributed by atoms with Crippen LogP contribution in [0.3, 0.4) is 0 Å². The van der Waals surface area contributed by atoms with Crippen molar-refractivity contribution in [1.82, 2.24) is 5.32 Å². The second-order valence-electron chi connectivity index (χ2n) is 6.87. The lowest BCUT2D eigenvalue weighted by atomic mass is 10.1. The maximum absolute atomic E-state index is 11.8. The van der Waals surface area contributed by atoms with E-state index in [4.69, 9.17) is 5.14 Å². The molecule has 0 heterocycles. The molecule has 2 atom stereocenters. The predicted octanol–water partition coefficient (Wildman–Crippen LogP) is 1.38. The number of nitrogens with one attached hydrogen (secondary N) is 1. The molecule has 2 unspecified atom stereocenters. The minimum atomic E-state index is -4.25. The minimum absolute atomic E-state index is 0.128. The Hall–Kier alpha value is -1.78. The molecule has 2 aromatic rings. The van der Waals surface area contributed by atoms with Gasteiger partial charge in [0.05, 0.1) is 11.0 Å². The van der Waals surface area contributed by atoms with E-state index in [1.807, 2.05) is 25.1 Å². The van der Waals surface area contributed by atoms with Crippen molar-refractivity contribution in [2.24, 2.45) is 5.14 Å². The first-order valence-electron chi connectivity index (χ1n) is 8.80. The molecule has 0 aliphatic heterocycles. The maximum Gasteiger partial charge on any atom is 0.239 e. The summed E-state index contributed by atoms with van der Waals surface area (Å²) >= 11 is 0. The average molecular weight is 427 g/mol. The number of sulfone groups is 1. The molecule has 0 radical (unpaired) electrons. The quantitative estimate of drug-likeness (QED) is 0.556. The van der Waals surface area contributed by atoms with Crippen LogP contribution in [-0.2, 0) is 26.3 Å². The summed E-state index contributed by atoms with van der Waals surface area (Å²) in [6.45, 7) is 2.19. The summed E-state index contributed by atoms with van der Waals surface area (Å²) < 4.78 is 47.1. The molecular weight excluding hydrogens is 400 g/mol. The van der Waals surface area contributed by atoms with E-state index in [0.29, 0.717) is 0 Å². The van der Waals surface area contributed by atoms with Gasteiger partial charge in [0.15, 0.2) is 9.84 Å². The van der Waals surface area contributed by atoms with Crippen LogP contribution < -0.4 is 10.5 Å². The first-order valence-corrected chi connectivity index (χ1v) is 12.2. The monoisotopic (exact) mass is 426 g/mol. The van der Waals surface area contributed by atoms with Crippen molar-refractivity contribution >= 4 is 19.9 Å². The summed E-state index contributed by atoms with van der Waals surface area (Å²) in [5, 5.41) is 18.7. The van der Waals surface area contributed by atoms with Crippen LogP contribution in [0.1, 0.15) is 30.6 Å². The zero-order valence-corrected chi connectivity index (χ0v) is 17.5. The van der Waals surface area contributed by atoms with Gasteiger partial charge in [0, 0.05) is 18.8 Å². The lowest BCUT2D eigenvalue weighted by Crippen LogP contribution is -2.31. The number of aryl methyl sites for hydroxylation is 1. The van der Waals surface area contributed by atoms with E-state index in [0.717, 1.165) is 31.2 Å². The normalized spacial score (nSPS) is 14.6. The summed E-state index contributed by atoms with van der Waals surface area (Å²) in [7, 11) is -8.03. The van der Waals surface area contributed by atoms with Gasteiger partial charge < -0.3 is 10.4 Å². The first kappa shape index (κ1) is 22.5. The van der Waals surface area contributed by atoms with E-state index in [9.17, 15) is 21.9 Å². The van der Waals surface area contributed by atoms with E-state index in [1.165, 1.54) is 11.6 Å². The molecule has 0 aliphatic rings. The molecular formula is C19H26N2O5S2. The molecule has 0 spiro atoms. The van der Waals surface area contributed by atoms with Crippen molar-refractivity contribution in [2.45, 2.75) is 41.7 Å². The molecule has 0 bridgehead atoms. The smallest absolute Gasteiger partial charge is 0.239 e. The van der Waals surface area contributed by atoms with Gasteiger partial charge in [-0.15, -0.1) is 0 Å². The lowest BCUT2D eigenvalue weighted by Gasteiger charge is -2.18. The summed E-state index contributed by atoms with van der Waals surface area (Å²) in [5.74, 6) is 0. The predicted molar refractivity (Wildman–Crippen MR) is 108 cm³/mol. The van der Waals surface area contributed by atoms with E-state index in [-0.39, 0.29) is 23.0 Å². The molecule has 0 fully saturated rings. The fourth-order valence-electron chi connectivity index (χ4n) is 2.82. The Balaban J connectivity index is 2.04. The molecule has 0 saturated heterocycles. The summed E-state index contributed by atoms with van der Waals surface area (Å²) in [6, 6.07) is 13.8. The molecule has 0 aromatic heterocycles. The molecule has 7 nitrogen and oxygen atoms in total. The van der Waals surface area contributed by atoms with E-state index in [1.54, 1.807) is 0 Å². The number of sulfonamides is 1. The number of primary sulfonamides is 1. The van der Waals surface area contributed by atoms with Crippen molar-refractivity contribution < 1.29 is 21.9 Å². The molecule has 154 valence electrons. The third-order valence-electron chi connectivity index (χ3n) is 4.43. The van der Waals surface area contributed by atoms with E-state index >= 15 is 0 Å². The molecule has 9 heteroatoms. The third-order valence-corrected chi connectivity index (χ3v) is 6.66. The van der Waals surface area contributed by atoms with Gasteiger partial charge in [-0.1, -0.05) is 36.4 Å². The molecule has 0 aliphatic carbocycles. The van der Waals surface area contributed by atoms with Crippen molar-refractivity contribution in [3.8, 4) is 0 Å².